The van der Waals surface area contributed by atoms with Crippen LogP contribution in [-0.2, 0) is 28.7 Å². The summed E-state index contributed by atoms with van der Waals surface area (Å²) in [6.07, 6.45) is 3.92. The van der Waals surface area contributed by atoms with E-state index >= 15 is 0 Å². The lowest BCUT2D eigenvalue weighted by Crippen LogP contribution is -2.62. The van der Waals surface area contributed by atoms with Crippen molar-refractivity contribution in [3.05, 3.63) is 47.7 Å². The first-order valence-electron chi connectivity index (χ1n) is 14.9. The van der Waals surface area contributed by atoms with Crippen molar-refractivity contribution < 1.29 is 28.7 Å². The molecule has 0 saturated carbocycles. The molecule has 2 aromatic rings. The zero-order valence-electron chi connectivity index (χ0n) is 26.5. The number of allylic oxidation sites excluding steroid dienone is 1. The van der Waals surface area contributed by atoms with Crippen LogP contribution in [-0.4, -0.2) is 83.3 Å². The van der Waals surface area contributed by atoms with Crippen LogP contribution in [0, 0.1) is 5.92 Å². The van der Waals surface area contributed by atoms with E-state index in [1.54, 1.807) is 34.9 Å². The number of carbonyl (C=O) groups is 5. The number of nitrogens with one attached hydrogen (secondary N) is 3. The predicted molar refractivity (Wildman–Crippen MR) is 167 cm³/mol. The van der Waals surface area contributed by atoms with Gasteiger partial charge in [0.25, 0.3) is 5.91 Å². The Bertz CT molecular complexity index is 1410. The van der Waals surface area contributed by atoms with Crippen molar-refractivity contribution in [1.82, 2.24) is 31.0 Å². The molecule has 12 heteroatoms. The van der Waals surface area contributed by atoms with E-state index in [1.165, 1.54) is 16.8 Å². The van der Waals surface area contributed by atoms with Gasteiger partial charge < -0.3 is 20.3 Å². The smallest absolute Gasteiger partial charge is 0.325 e. The highest BCUT2D eigenvalue weighted by Crippen LogP contribution is 2.22. The van der Waals surface area contributed by atoms with Crippen LogP contribution in [0.5, 0.6) is 0 Å². The topological polar surface area (TPSA) is 150 Å². The largest absolute Gasteiger partial charge is 0.455 e. The summed E-state index contributed by atoms with van der Waals surface area (Å²) in [6, 6.07) is 6.78. The SMILES string of the molecule is C/C=C/c1ccc2ccc([C@@H](C)OC(=O)C3CCCN(C(=O)C(CC(=O)N(C)C)NC(=O)[C@@H](NC(C)=O)C(C)C)N3)nc2c1. The van der Waals surface area contributed by atoms with Crippen molar-refractivity contribution in [3.63, 3.8) is 0 Å². The fourth-order valence-corrected chi connectivity index (χ4v) is 4.87. The number of carbonyl (C=O) groups excluding carboxylic acids is 5. The molecule has 238 valence electrons. The maximum atomic E-state index is 13.6. The average Bonchev–Trinajstić information content (AvgIpc) is 2.98. The highest BCUT2D eigenvalue weighted by atomic mass is 16.5. The van der Waals surface area contributed by atoms with E-state index in [0.29, 0.717) is 18.5 Å². The number of ether oxygens (including phenoxy) is 1. The lowest BCUT2D eigenvalue weighted by molar-refractivity contribution is -0.157. The summed E-state index contributed by atoms with van der Waals surface area (Å²) in [5, 5.41) is 7.47. The van der Waals surface area contributed by atoms with Gasteiger partial charge in [-0.15, -0.1) is 0 Å². The number of rotatable bonds is 11. The van der Waals surface area contributed by atoms with Crippen LogP contribution in [0.4, 0.5) is 0 Å². The number of fused-ring (bicyclic) bond motifs is 1. The molecule has 1 saturated heterocycles. The Morgan fingerprint density at radius 1 is 1.11 bits per heavy atom. The number of esters is 1. The zero-order valence-corrected chi connectivity index (χ0v) is 26.5. The number of hydrazine groups is 1. The fraction of sp³-hybridized carbons (Fsp3) is 0.500. The fourth-order valence-electron chi connectivity index (χ4n) is 4.87. The molecule has 2 heterocycles. The molecule has 1 aromatic carbocycles. The van der Waals surface area contributed by atoms with Gasteiger partial charge in [-0.2, -0.15) is 0 Å². The van der Waals surface area contributed by atoms with E-state index in [9.17, 15) is 24.0 Å². The highest BCUT2D eigenvalue weighted by Gasteiger charge is 2.36. The number of hydrogen-bond acceptors (Lipinski definition) is 8. The first kappa shape index (κ1) is 34.2. The molecule has 4 atom stereocenters. The van der Waals surface area contributed by atoms with Crippen LogP contribution in [0.25, 0.3) is 17.0 Å². The molecule has 0 bridgehead atoms. The van der Waals surface area contributed by atoms with Gasteiger partial charge >= 0.3 is 5.97 Å². The average molecular weight is 609 g/mol. The summed E-state index contributed by atoms with van der Waals surface area (Å²) >= 11 is 0. The molecular formula is C32H44N6O6. The molecule has 2 unspecified atom stereocenters. The standard InChI is InChI=1S/C32H44N6O6/c1-8-10-22-12-13-23-14-15-24(34-26(23)17-22)20(4)44-32(43)25-11-9-16-38(36-25)31(42)27(18-28(40)37(6)7)35-30(41)29(19(2)3)33-21(5)39/h8,10,12-15,17,19-20,25,27,29,36H,9,11,16,18H2,1-7H3,(H,33,39)(H,35,41)/b10-8+/t20-,25?,27?,29+/m1/s1. The normalized spacial score (nSPS) is 17.2. The third kappa shape index (κ3) is 9.09. The number of nitrogens with zero attached hydrogens (tertiary/aromatic N) is 3. The van der Waals surface area contributed by atoms with Crippen LogP contribution < -0.4 is 16.1 Å². The van der Waals surface area contributed by atoms with E-state index in [1.807, 2.05) is 49.4 Å². The van der Waals surface area contributed by atoms with Gasteiger partial charge in [-0.3, -0.25) is 29.0 Å². The van der Waals surface area contributed by atoms with Gasteiger partial charge in [-0.25, -0.2) is 10.4 Å². The molecule has 1 fully saturated rings. The Labute approximate surface area is 258 Å². The minimum atomic E-state index is -1.22. The van der Waals surface area contributed by atoms with Crippen LogP contribution in [0.1, 0.15) is 71.2 Å². The van der Waals surface area contributed by atoms with Crippen molar-refractivity contribution in [2.45, 2.75) is 78.1 Å². The maximum absolute atomic E-state index is 13.6. The predicted octanol–water partition coefficient (Wildman–Crippen LogP) is 2.49. The summed E-state index contributed by atoms with van der Waals surface area (Å²) in [5.74, 6) is -2.72. The number of hydrogen-bond donors (Lipinski definition) is 3. The molecule has 0 aliphatic carbocycles. The molecule has 44 heavy (non-hydrogen) atoms. The molecule has 3 rings (SSSR count). The van der Waals surface area contributed by atoms with E-state index < -0.39 is 47.9 Å². The number of amides is 4. The Morgan fingerprint density at radius 3 is 2.45 bits per heavy atom. The van der Waals surface area contributed by atoms with Crippen LogP contribution in [0.2, 0.25) is 0 Å². The molecule has 1 aliphatic rings. The lowest BCUT2D eigenvalue weighted by atomic mass is 10.0. The maximum Gasteiger partial charge on any atom is 0.325 e. The monoisotopic (exact) mass is 608 g/mol. The second-order valence-electron chi connectivity index (χ2n) is 11.6. The van der Waals surface area contributed by atoms with Crippen LogP contribution in [0.15, 0.2) is 36.4 Å². The van der Waals surface area contributed by atoms with E-state index in [4.69, 9.17) is 9.72 Å². The number of aromatic nitrogens is 1. The van der Waals surface area contributed by atoms with Crippen molar-refractivity contribution >= 4 is 46.6 Å². The van der Waals surface area contributed by atoms with Crippen molar-refractivity contribution in [1.29, 1.82) is 0 Å². The minimum Gasteiger partial charge on any atom is -0.455 e. The molecule has 0 radical (unpaired) electrons. The Morgan fingerprint density at radius 2 is 1.82 bits per heavy atom. The Hall–Kier alpha value is -4.32. The van der Waals surface area contributed by atoms with Gasteiger partial charge in [0, 0.05) is 33.0 Å². The Kier molecular flexibility index (Phi) is 12.0. The summed E-state index contributed by atoms with van der Waals surface area (Å²) in [4.78, 5) is 70.2. The Balaban J connectivity index is 1.72. The van der Waals surface area contributed by atoms with Crippen molar-refractivity contribution in [2.75, 3.05) is 20.6 Å². The highest BCUT2D eigenvalue weighted by molar-refractivity contribution is 5.94. The second-order valence-corrected chi connectivity index (χ2v) is 11.6. The van der Waals surface area contributed by atoms with E-state index in [2.05, 4.69) is 16.1 Å². The van der Waals surface area contributed by atoms with Gasteiger partial charge in [0.05, 0.1) is 17.6 Å². The molecule has 0 spiro atoms. The van der Waals surface area contributed by atoms with Crippen LogP contribution in [0.3, 0.4) is 0 Å². The van der Waals surface area contributed by atoms with E-state index in [-0.39, 0.29) is 24.8 Å². The summed E-state index contributed by atoms with van der Waals surface area (Å²) in [6.45, 7) is 8.78. The first-order valence-corrected chi connectivity index (χ1v) is 14.9. The second kappa shape index (κ2) is 15.4. The summed E-state index contributed by atoms with van der Waals surface area (Å²) in [5.41, 5.74) is 5.33. The minimum absolute atomic E-state index is 0.263. The third-order valence-electron chi connectivity index (χ3n) is 7.34. The van der Waals surface area contributed by atoms with Gasteiger partial charge in [0.15, 0.2) is 0 Å². The van der Waals surface area contributed by atoms with Gasteiger partial charge in [0.1, 0.15) is 24.2 Å². The third-order valence-corrected chi connectivity index (χ3v) is 7.34. The lowest BCUT2D eigenvalue weighted by Gasteiger charge is -2.35. The first-order chi connectivity index (χ1) is 20.8. The number of pyridine rings is 1. The zero-order chi connectivity index (χ0) is 32.6. The van der Waals surface area contributed by atoms with Gasteiger partial charge in [-0.05, 0) is 50.3 Å². The summed E-state index contributed by atoms with van der Waals surface area (Å²) < 4.78 is 5.76. The molecule has 1 aromatic heterocycles. The van der Waals surface area contributed by atoms with E-state index in [0.717, 1.165) is 16.5 Å². The molecule has 12 nitrogen and oxygen atoms in total. The molecule has 4 amide bonds. The van der Waals surface area contributed by atoms with Gasteiger partial charge in [-0.1, -0.05) is 44.2 Å². The quantitative estimate of drug-likeness (QED) is 0.330. The summed E-state index contributed by atoms with van der Waals surface area (Å²) in [7, 11) is 3.11. The molecule has 1 aliphatic heterocycles. The van der Waals surface area contributed by atoms with Crippen LogP contribution >= 0.6 is 0 Å². The van der Waals surface area contributed by atoms with Crippen molar-refractivity contribution in [3.8, 4) is 0 Å². The molecular weight excluding hydrogens is 564 g/mol. The van der Waals surface area contributed by atoms with Crippen molar-refractivity contribution in [2.24, 2.45) is 5.92 Å². The molecule has 3 N–H and O–H groups in total. The number of benzene rings is 1. The van der Waals surface area contributed by atoms with Gasteiger partial charge in [0.2, 0.25) is 17.7 Å².